The fraction of sp³-hybridized carbons (Fsp3) is 0.667. The molecular weight excluding hydrogens is 560 g/mol. The highest BCUT2D eigenvalue weighted by Gasteiger charge is 2.59. The first kappa shape index (κ1) is 32.2. The first-order valence-corrected chi connectivity index (χ1v) is 16.3. The van der Waals surface area contributed by atoms with E-state index in [1.807, 2.05) is 10.8 Å². The molecule has 2 aliphatic heterocycles. The van der Waals surface area contributed by atoms with Gasteiger partial charge in [-0.3, -0.25) is 4.90 Å². The van der Waals surface area contributed by atoms with Crippen molar-refractivity contribution in [2.75, 3.05) is 46.3 Å². The average molecular weight is 605 g/mol. The van der Waals surface area contributed by atoms with Crippen LogP contribution in [0.1, 0.15) is 59.3 Å². The summed E-state index contributed by atoms with van der Waals surface area (Å²) < 4.78 is 41.4. The number of hydrogen-bond acceptors (Lipinski definition) is 9. The number of esters is 1. The van der Waals surface area contributed by atoms with Crippen molar-refractivity contribution in [1.82, 2.24) is 19.4 Å². The van der Waals surface area contributed by atoms with Gasteiger partial charge in [0.25, 0.3) is 0 Å². The van der Waals surface area contributed by atoms with Crippen molar-refractivity contribution in [2.24, 2.45) is 5.92 Å². The van der Waals surface area contributed by atoms with Gasteiger partial charge in [-0.1, -0.05) is 18.2 Å². The first-order valence-electron chi connectivity index (χ1n) is 14.8. The van der Waals surface area contributed by atoms with E-state index in [1.54, 1.807) is 43.9 Å². The predicted octanol–water partition coefficient (Wildman–Crippen LogP) is 2.80. The van der Waals surface area contributed by atoms with E-state index in [2.05, 4.69) is 5.32 Å². The van der Waals surface area contributed by atoms with E-state index < -0.39 is 45.4 Å². The van der Waals surface area contributed by atoms with Gasteiger partial charge in [0.1, 0.15) is 17.6 Å². The van der Waals surface area contributed by atoms with Crippen LogP contribution in [-0.2, 0) is 29.1 Å². The molecule has 1 saturated carbocycles. The van der Waals surface area contributed by atoms with Crippen LogP contribution in [0.2, 0.25) is 0 Å². The van der Waals surface area contributed by atoms with Crippen molar-refractivity contribution in [3.8, 4) is 0 Å². The molecule has 3 fully saturated rings. The molecule has 2 saturated heterocycles. The summed E-state index contributed by atoms with van der Waals surface area (Å²) in [7, 11) is -2.73. The lowest BCUT2D eigenvalue weighted by Gasteiger charge is -2.53. The maximum Gasteiger partial charge on any atom is 0.410 e. The van der Waals surface area contributed by atoms with Gasteiger partial charge in [0, 0.05) is 52.2 Å². The lowest BCUT2D eigenvalue weighted by atomic mass is 9.81. The molecule has 2 unspecified atom stereocenters. The monoisotopic (exact) mass is 604 g/mol. The van der Waals surface area contributed by atoms with E-state index in [9.17, 15) is 22.8 Å². The highest BCUT2D eigenvalue weighted by molar-refractivity contribution is 7.89. The van der Waals surface area contributed by atoms with E-state index >= 15 is 0 Å². The summed E-state index contributed by atoms with van der Waals surface area (Å²) in [5, 5.41) is 3.29. The molecule has 0 spiro atoms. The van der Waals surface area contributed by atoms with Crippen LogP contribution >= 0.6 is 0 Å². The van der Waals surface area contributed by atoms with Gasteiger partial charge >= 0.3 is 12.1 Å². The second-order valence-corrected chi connectivity index (χ2v) is 14.2. The van der Waals surface area contributed by atoms with Crippen molar-refractivity contribution in [3.05, 3.63) is 35.9 Å². The van der Waals surface area contributed by atoms with Crippen molar-refractivity contribution in [2.45, 2.75) is 81.6 Å². The summed E-state index contributed by atoms with van der Waals surface area (Å²) in [5.74, 6) is 0.773. The zero-order valence-electron chi connectivity index (χ0n) is 25.1. The van der Waals surface area contributed by atoms with Gasteiger partial charge in [-0.05, 0) is 71.4 Å². The predicted molar refractivity (Wildman–Crippen MR) is 157 cm³/mol. The molecule has 0 radical (unpaired) electrons. The third kappa shape index (κ3) is 6.73. The van der Waals surface area contributed by atoms with Gasteiger partial charge in [0.15, 0.2) is 5.66 Å². The molecule has 11 nitrogen and oxygen atoms in total. The minimum atomic E-state index is -4.17. The summed E-state index contributed by atoms with van der Waals surface area (Å²) in [6.45, 7) is 7.96. The van der Waals surface area contributed by atoms with Crippen molar-refractivity contribution in [3.63, 3.8) is 0 Å². The van der Waals surface area contributed by atoms with Crippen LogP contribution in [0, 0.1) is 5.92 Å². The molecule has 4 rings (SSSR count). The lowest BCUT2D eigenvalue weighted by molar-refractivity contribution is -0.182. The molecule has 2 atom stereocenters. The molecule has 0 bridgehead atoms. The maximum absolute atomic E-state index is 14.7. The van der Waals surface area contributed by atoms with Gasteiger partial charge < -0.3 is 19.7 Å². The van der Waals surface area contributed by atoms with Crippen molar-refractivity contribution in [1.29, 1.82) is 0 Å². The van der Waals surface area contributed by atoms with E-state index in [0.29, 0.717) is 70.5 Å². The number of ether oxygens (including phenoxy) is 2. The molecule has 1 amide bonds. The number of carbonyl (C=O) groups is 2. The lowest BCUT2D eigenvalue weighted by Crippen LogP contribution is -2.73. The smallest absolute Gasteiger partial charge is 0.410 e. The molecule has 1 aromatic carbocycles. The topological polar surface area (TPSA) is 126 Å². The molecule has 0 aromatic heterocycles. The standard InChI is InChI=1S/C30H44N4O7S/c1-29(2,3)41-28(37)33-18-14-24(15-19-33)30(34-20-16-31-17-21-34,27(36)40-26-13-9-8-10-23(26)22-35)32(4)42(38,39)25-11-6-5-7-12-25/h5-7,11-12,24,26,31H,8-10,13-21H2,1-4H3. The molecular formula is C30H44N4O7S. The normalized spacial score (nSPS) is 22.7. The number of nitrogens with zero attached hydrogens (tertiary/aromatic N) is 3. The summed E-state index contributed by atoms with van der Waals surface area (Å²) in [6.07, 6.45) is 2.10. The SMILES string of the molecule is CN(C(C(=O)OC1CCCCC1=C=O)(C1CCN(C(=O)OC(C)(C)C)CC1)N1CCNCC1)S(=O)(=O)c1ccccc1. The summed E-state index contributed by atoms with van der Waals surface area (Å²) >= 11 is 0. The molecule has 42 heavy (non-hydrogen) atoms. The molecule has 3 aliphatic rings. The Morgan fingerprint density at radius 1 is 1.00 bits per heavy atom. The summed E-state index contributed by atoms with van der Waals surface area (Å²) in [6, 6.07) is 8.06. The number of carbonyl (C=O) groups excluding carboxylic acids is 3. The number of amides is 1. The zero-order chi connectivity index (χ0) is 30.5. The van der Waals surface area contributed by atoms with Crippen LogP contribution in [-0.4, -0.2) is 104 Å². The Bertz CT molecular complexity index is 1260. The fourth-order valence-electron chi connectivity index (χ4n) is 6.31. The largest absolute Gasteiger partial charge is 0.455 e. The van der Waals surface area contributed by atoms with Crippen LogP contribution in [0.15, 0.2) is 40.8 Å². The molecule has 1 N–H and O–H groups in total. The number of hydrogen-bond donors (Lipinski definition) is 1. The number of sulfonamides is 1. The zero-order valence-corrected chi connectivity index (χ0v) is 26.0. The van der Waals surface area contributed by atoms with Gasteiger partial charge in [-0.25, -0.2) is 22.8 Å². The third-order valence-electron chi connectivity index (χ3n) is 8.43. The number of rotatable bonds is 7. The Labute approximate surface area is 249 Å². The van der Waals surface area contributed by atoms with Gasteiger partial charge in [0.2, 0.25) is 10.0 Å². The molecule has 2 heterocycles. The quantitative estimate of drug-likeness (QED) is 0.369. The highest BCUT2D eigenvalue weighted by atomic mass is 32.2. The fourth-order valence-corrected chi connectivity index (χ4v) is 7.84. The Morgan fingerprint density at radius 3 is 2.24 bits per heavy atom. The molecule has 1 aliphatic carbocycles. The van der Waals surface area contributed by atoms with Crippen LogP contribution < -0.4 is 5.32 Å². The van der Waals surface area contributed by atoms with E-state index in [1.165, 1.54) is 23.5 Å². The van der Waals surface area contributed by atoms with E-state index in [-0.39, 0.29) is 4.90 Å². The first-order chi connectivity index (χ1) is 19.9. The highest BCUT2D eigenvalue weighted by Crippen LogP contribution is 2.41. The number of piperidine rings is 1. The van der Waals surface area contributed by atoms with E-state index in [0.717, 1.165) is 12.8 Å². The molecule has 1 aromatic rings. The molecule has 232 valence electrons. The molecule has 12 heteroatoms. The number of likely N-dealkylation sites (N-methyl/N-ethyl adjacent to an activating group) is 1. The Balaban J connectivity index is 1.77. The van der Waals surface area contributed by atoms with Gasteiger partial charge in [0.05, 0.1) is 10.5 Å². The number of piperazine rings is 1. The Kier molecular flexibility index (Phi) is 10.2. The average Bonchev–Trinajstić information content (AvgIpc) is 2.98. The number of benzene rings is 1. The minimum absolute atomic E-state index is 0.0668. The van der Waals surface area contributed by atoms with Crippen LogP contribution in [0.3, 0.4) is 0 Å². The summed E-state index contributed by atoms with van der Waals surface area (Å²) in [4.78, 5) is 42.9. The maximum atomic E-state index is 14.7. The van der Waals surface area contributed by atoms with Crippen molar-refractivity contribution >= 4 is 28.0 Å². The van der Waals surface area contributed by atoms with Crippen molar-refractivity contribution < 1.29 is 32.3 Å². The Hall–Kier alpha value is -2.76. The van der Waals surface area contributed by atoms with Crippen LogP contribution in [0.5, 0.6) is 0 Å². The second kappa shape index (κ2) is 13.3. The summed E-state index contributed by atoms with van der Waals surface area (Å²) in [5.41, 5.74) is -1.96. The second-order valence-electron chi connectivity index (χ2n) is 12.3. The van der Waals surface area contributed by atoms with Gasteiger partial charge in [-0.15, -0.1) is 0 Å². The number of likely N-dealkylation sites (tertiary alicyclic amines) is 1. The minimum Gasteiger partial charge on any atom is -0.455 e. The Morgan fingerprint density at radius 2 is 1.64 bits per heavy atom. The third-order valence-corrected chi connectivity index (χ3v) is 10.3. The van der Waals surface area contributed by atoms with Crippen LogP contribution in [0.25, 0.3) is 0 Å². The van der Waals surface area contributed by atoms with E-state index in [4.69, 9.17) is 9.47 Å². The van der Waals surface area contributed by atoms with Gasteiger partial charge in [-0.2, -0.15) is 4.31 Å². The number of nitrogens with one attached hydrogen (secondary N) is 1. The van der Waals surface area contributed by atoms with Crippen LogP contribution in [0.4, 0.5) is 4.79 Å².